The summed E-state index contributed by atoms with van der Waals surface area (Å²) in [5.74, 6) is -0.000447. The van der Waals surface area contributed by atoms with Crippen LogP contribution in [0.2, 0.25) is 0 Å². The van der Waals surface area contributed by atoms with Crippen molar-refractivity contribution >= 4 is 57.7 Å². The van der Waals surface area contributed by atoms with E-state index in [4.69, 9.17) is 14.2 Å². The van der Waals surface area contributed by atoms with E-state index in [1.807, 2.05) is 56.3 Å². The molecule has 0 fully saturated rings. The summed E-state index contributed by atoms with van der Waals surface area (Å²) in [5, 5.41) is 8.66. The minimum absolute atomic E-state index is 0.00952. The van der Waals surface area contributed by atoms with E-state index in [0.717, 1.165) is 21.0 Å². The fourth-order valence-corrected chi connectivity index (χ4v) is 6.59. The summed E-state index contributed by atoms with van der Waals surface area (Å²) < 4.78 is 16.3. The molecule has 1 heterocycles. The van der Waals surface area contributed by atoms with Crippen molar-refractivity contribution < 1.29 is 28.6 Å². The van der Waals surface area contributed by atoms with Crippen LogP contribution in [0.1, 0.15) is 27.7 Å². The minimum Gasteiger partial charge on any atom is -0.493 e. The van der Waals surface area contributed by atoms with Crippen LogP contribution in [0.15, 0.2) is 108 Å². The second kappa shape index (κ2) is 16.7. The smallest absolute Gasteiger partial charge is 0.272 e. The number of hydrogen-bond acceptors (Lipinski definition) is 9. The van der Waals surface area contributed by atoms with Crippen molar-refractivity contribution in [2.45, 2.75) is 24.0 Å². The quantitative estimate of drug-likeness (QED) is 0.0840. The van der Waals surface area contributed by atoms with E-state index in [0.29, 0.717) is 39.2 Å². The van der Waals surface area contributed by atoms with Crippen LogP contribution in [0, 0.1) is 6.92 Å². The van der Waals surface area contributed by atoms with Gasteiger partial charge in [-0.25, -0.2) is 4.98 Å². The van der Waals surface area contributed by atoms with Crippen LogP contribution >= 0.6 is 23.1 Å². The number of benzene rings is 4. The summed E-state index contributed by atoms with van der Waals surface area (Å²) in [5.41, 5.74) is 3.25. The molecule has 12 heteroatoms. The van der Waals surface area contributed by atoms with Crippen LogP contribution in [0.4, 0.5) is 10.8 Å². The highest BCUT2D eigenvalue weighted by molar-refractivity contribution is 8.00. The second-order valence-corrected chi connectivity index (χ2v) is 13.5. The van der Waals surface area contributed by atoms with Crippen LogP contribution in [0.3, 0.4) is 0 Å². The van der Waals surface area contributed by atoms with Crippen LogP contribution in [-0.2, 0) is 9.59 Å². The number of aromatic nitrogens is 1. The SMILES string of the molecule is COc1cc(/C=C(\NC(=O)c2ccccc2)C(=O)Nc2ccc(SC(C)C(=O)Nc3nc(-c4ccccc4)c(C)s3)cc2)cc(OC)c1OC. The molecule has 5 rings (SSSR count). The number of carbonyl (C=O) groups excluding carboxylic acids is 3. The molecule has 256 valence electrons. The lowest BCUT2D eigenvalue weighted by Crippen LogP contribution is -2.30. The molecule has 1 unspecified atom stereocenters. The number of nitrogens with one attached hydrogen (secondary N) is 3. The molecule has 10 nitrogen and oxygen atoms in total. The normalized spacial score (nSPS) is 11.7. The molecule has 3 amide bonds. The third-order valence-electron chi connectivity index (χ3n) is 7.40. The number of thiazole rings is 1. The highest BCUT2D eigenvalue weighted by atomic mass is 32.2. The molecule has 0 saturated carbocycles. The zero-order valence-corrected chi connectivity index (χ0v) is 29.7. The monoisotopic (exact) mass is 708 g/mol. The van der Waals surface area contributed by atoms with Crippen molar-refractivity contribution in [3.05, 3.63) is 119 Å². The van der Waals surface area contributed by atoms with Crippen molar-refractivity contribution in [3.63, 3.8) is 0 Å². The number of thioether (sulfide) groups is 1. The van der Waals surface area contributed by atoms with Gasteiger partial charge in [-0.1, -0.05) is 48.5 Å². The zero-order valence-electron chi connectivity index (χ0n) is 28.1. The summed E-state index contributed by atoms with van der Waals surface area (Å²) in [7, 11) is 4.49. The molecule has 0 aliphatic carbocycles. The van der Waals surface area contributed by atoms with Crippen molar-refractivity contribution in [1.82, 2.24) is 10.3 Å². The average Bonchev–Trinajstić information content (AvgIpc) is 3.51. The molecule has 0 aliphatic heterocycles. The average molecular weight is 709 g/mol. The Morgan fingerprint density at radius 1 is 0.820 bits per heavy atom. The molecule has 5 aromatic rings. The summed E-state index contributed by atoms with van der Waals surface area (Å²) in [6.45, 7) is 3.81. The Balaban J connectivity index is 1.28. The molecule has 4 aromatic carbocycles. The van der Waals surface area contributed by atoms with Gasteiger partial charge in [-0.3, -0.25) is 14.4 Å². The fourth-order valence-electron chi connectivity index (χ4n) is 4.89. The van der Waals surface area contributed by atoms with Gasteiger partial charge < -0.3 is 30.2 Å². The maximum atomic E-state index is 13.6. The van der Waals surface area contributed by atoms with Gasteiger partial charge in [0.05, 0.1) is 32.3 Å². The Morgan fingerprint density at radius 2 is 1.44 bits per heavy atom. The van der Waals surface area contributed by atoms with Crippen molar-refractivity contribution in [2.75, 3.05) is 32.0 Å². The Labute approximate surface area is 298 Å². The van der Waals surface area contributed by atoms with Gasteiger partial charge in [-0.15, -0.1) is 23.1 Å². The van der Waals surface area contributed by atoms with Gasteiger partial charge in [0.2, 0.25) is 11.7 Å². The molecular weight excluding hydrogens is 673 g/mol. The number of anilines is 2. The number of methoxy groups -OCH3 is 3. The number of nitrogens with zero attached hydrogens (tertiary/aromatic N) is 1. The van der Waals surface area contributed by atoms with Gasteiger partial charge in [0.1, 0.15) is 5.70 Å². The van der Waals surface area contributed by atoms with E-state index in [2.05, 4.69) is 20.9 Å². The lowest BCUT2D eigenvalue weighted by Gasteiger charge is -2.15. The number of amides is 3. The predicted octanol–water partition coefficient (Wildman–Crippen LogP) is 7.67. The Morgan fingerprint density at radius 3 is 2.04 bits per heavy atom. The number of carbonyl (C=O) groups is 3. The lowest BCUT2D eigenvalue weighted by atomic mass is 10.1. The van der Waals surface area contributed by atoms with Crippen LogP contribution in [-0.4, -0.2) is 49.3 Å². The number of ether oxygens (including phenoxy) is 3. The van der Waals surface area contributed by atoms with Crippen molar-refractivity contribution in [1.29, 1.82) is 0 Å². The topological polar surface area (TPSA) is 128 Å². The second-order valence-electron chi connectivity index (χ2n) is 10.9. The van der Waals surface area contributed by atoms with E-state index in [9.17, 15) is 14.4 Å². The fraction of sp³-hybridized carbons (Fsp3) is 0.158. The van der Waals surface area contributed by atoms with Gasteiger partial charge in [-0.2, -0.15) is 0 Å². The third kappa shape index (κ3) is 8.90. The molecule has 0 spiro atoms. The van der Waals surface area contributed by atoms with E-state index < -0.39 is 17.1 Å². The third-order valence-corrected chi connectivity index (χ3v) is 9.39. The van der Waals surface area contributed by atoms with Gasteiger partial charge in [0.15, 0.2) is 16.6 Å². The highest BCUT2D eigenvalue weighted by Gasteiger charge is 2.20. The van der Waals surface area contributed by atoms with Gasteiger partial charge in [0, 0.05) is 26.6 Å². The molecule has 0 bridgehead atoms. The molecule has 1 atom stereocenters. The zero-order chi connectivity index (χ0) is 35.6. The molecular formula is C38H36N4O6S2. The molecule has 50 heavy (non-hydrogen) atoms. The molecule has 0 aliphatic rings. The van der Waals surface area contributed by atoms with Gasteiger partial charge >= 0.3 is 0 Å². The largest absolute Gasteiger partial charge is 0.493 e. The van der Waals surface area contributed by atoms with E-state index in [1.165, 1.54) is 50.5 Å². The Kier molecular flexibility index (Phi) is 11.9. The first-order chi connectivity index (χ1) is 24.2. The molecule has 1 aromatic heterocycles. The first kappa shape index (κ1) is 35.7. The van der Waals surface area contributed by atoms with Crippen molar-refractivity contribution in [2.24, 2.45) is 0 Å². The number of aryl methyl sites for hydroxylation is 1. The minimum atomic E-state index is -0.551. The molecule has 3 N–H and O–H groups in total. The van der Waals surface area contributed by atoms with E-state index in [-0.39, 0.29) is 11.6 Å². The highest BCUT2D eigenvalue weighted by Crippen LogP contribution is 2.39. The summed E-state index contributed by atoms with van der Waals surface area (Å²) in [6.07, 6.45) is 1.53. The van der Waals surface area contributed by atoms with E-state index >= 15 is 0 Å². The first-order valence-electron chi connectivity index (χ1n) is 15.5. The molecule has 0 saturated heterocycles. The standard InChI is InChI=1S/C38H36N4O6S2/c1-23-33(26-12-8-6-9-13-26)41-38(50-23)42-35(43)24(2)49-29-18-16-28(17-19-29)39-37(45)30(40-36(44)27-14-10-7-11-15-27)20-25-21-31(46-3)34(48-5)32(22-25)47-4/h6-22,24H,1-5H3,(H,39,45)(H,40,44)(H,41,42,43)/b30-20-. The summed E-state index contributed by atoms with van der Waals surface area (Å²) in [6, 6.07) is 28.9. The maximum Gasteiger partial charge on any atom is 0.272 e. The van der Waals surface area contributed by atoms with Crippen LogP contribution in [0.5, 0.6) is 17.2 Å². The number of rotatable bonds is 13. The van der Waals surface area contributed by atoms with Gasteiger partial charge in [0.25, 0.3) is 11.8 Å². The predicted molar refractivity (Wildman–Crippen MR) is 199 cm³/mol. The lowest BCUT2D eigenvalue weighted by molar-refractivity contribution is -0.115. The Hall–Kier alpha value is -5.59. The van der Waals surface area contributed by atoms with Crippen LogP contribution in [0.25, 0.3) is 17.3 Å². The van der Waals surface area contributed by atoms with Gasteiger partial charge in [-0.05, 0) is 74.0 Å². The maximum absolute atomic E-state index is 13.6. The first-order valence-corrected chi connectivity index (χ1v) is 17.2. The van der Waals surface area contributed by atoms with Crippen molar-refractivity contribution in [3.8, 4) is 28.5 Å². The Bertz CT molecular complexity index is 1970. The van der Waals surface area contributed by atoms with E-state index in [1.54, 1.807) is 54.6 Å². The summed E-state index contributed by atoms with van der Waals surface area (Å²) >= 11 is 2.82. The van der Waals surface area contributed by atoms with Crippen LogP contribution < -0.4 is 30.2 Å². The number of hydrogen-bond donors (Lipinski definition) is 3. The molecule has 0 radical (unpaired) electrons. The summed E-state index contributed by atoms with van der Waals surface area (Å²) in [4.78, 5) is 46.2.